The molecule has 0 spiro atoms. The maximum Gasteiger partial charge on any atom is 0.151 e. The molecule has 2 aromatic rings. The molecule has 4 nitrogen and oxygen atoms in total. The Morgan fingerprint density at radius 1 is 1.32 bits per heavy atom. The highest BCUT2D eigenvalue weighted by Crippen LogP contribution is 2.22. The first-order chi connectivity index (χ1) is 9.11. The molecule has 102 valence electrons. The molecule has 19 heavy (non-hydrogen) atoms. The number of hydrogen-bond acceptors (Lipinski definition) is 3. The Bertz CT molecular complexity index is 571. The van der Waals surface area contributed by atoms with Crippen molar-refractivity contribution < 1.29 is 8.78 Å². The lowest BCUT2D eigenvalue weighted by Gasteiger charge is -2.03. The molecular weight excluding hydrogens is 318 g/mol. The van der Waals surface area contributed by atoms with Crippen LogP contribution in [-0.4, -0.2) is 21.5 Å². The van der Waals surface area contributed by atoms with E-state index in [9.17, 15) is 8.78 Å². The Morgan fingerprint density at radius 3 is 2.84 bits per heavy atom. The highest BCUT2D eigenvalue weighted by atomic mass is 79.9. The molecule has 0 bridgehead atoms. The minimum atomic E-state index is -0.682. The van der Waals surface area contributed by atoms with Crippen molar-refractivity contribution in [2.24, 2.45) is 0 Å². The van der Waals surface area contributed by atoms with Crippen LogP contribution in [0.5, 0.6) is 0 Å². The highest BCUT2D eigenvalue weighted by molar-refractivity contribution is 9.10. The van der Waals surface area contributed by atoms with Gasteiger partial charge in [0, 0.05) is 12.6 Å². The fraction of sp³-hybridized carbons (Fsp3) is 0.333. The Kier molecular flexibility index (Phi) is 4.60. The van der Waals surface area contributed by atoms with Gasteiger partial charge < -0.3 is 5.32 Å². The Morgan fingerprint density at radius 2 is 2.11 bits per heavy atom. The molecule has 7 heteroatoms. The summed E-state index contributed by atoms with van der Waals surface area (Å²) in [6.45, 7) is 3.51. The number of nitrogens with one attached hydrogen (secondary N) is 1. The Hall–Kier alpha value is -1.34. The van der Waals surface area contributed by atoms with Gasteiger partial charge in [0.2, 0.25) is 0 Å². The molecular formula is C12H13BrF2N4. The second-order valence-corrected chi connectivity index (χ2v) is 4.90. The van der Waals surface area contributed by atoms with Crippen LogP contribution in [0.1, 0.15) is 19.0 Å². The number of nitrogens with zero attached hydrogens (tertiary/aromatic N) is 3. The molecule has 0 saturated heterocycles. The van der Waals surface area contributed by atoms with Gasteiger partial charge in [0.15, 0.2) is 5.82 Å². The van der Waals surface area contributed by atoms with Crippen LogP contribution in [0.25, 0.3) is 5.69 Å². The molecule has 0 amide bonds. The molecule has 0 saturated carbocycles. The van der Waals surface area contributed by atoms with Crippen molar-refractivity contribution in [1.82, 2.24) is 20.3 Å². The van der Waals surface area contributed by atoms with Gasteiger partial charge in [-0.15, -0.1) is 5.10 Å². The second kappa shape index (κ2) is 6.21. The predicted octanol–water partition coefficient (Wildman–Crippen LogP) is 2.81. The zero-order valence-corrected chi connectivity index (χ0v) is 11.9. The lowest BCUT2D eigenvalue weighted by Crippen LogP contribution is -2.13. The van der Waals surface area contributed by atoms with E-state index in [2.05, 4.69) is 38.5 Å². The van der Waals surface area contributed by atoms with Gasteiger partial charge in [-0.05, 0) is 35.0 Å². The summed E-state index contributed by atoms with van der Waals surface area (Å²) in [5.41, 5.74) is 0.857. The topological polar surface area (TPSA) is 42.7 Å². The second-order valence-electron chi connectivity index (χ2n) is 4.05. The summed E-state index contributed by atoms with van der Waals surface area (Å²) < 4.78 is 28.3. The van der Waals surface area contributed by atoms with Crippen LogP contribution in [0.4, 0.5) is 8.78 Å². The largest absolute Gasteiger partial charge is 0.311 e. The molecule has 0 unspecified atom stereocenters. The van der Waals surface area contributed by atoms with Crippen LogP contribution < -0.4 is 5.32 Å². The minimum Gasteiger partial charge on any atom is -0.311 e. The quantitative estimate of drug-likeness (QED) is 0.677. The molecule has 0 aliphatic carbocycles. The maximum atomic E-state index is 13.7. The number of hydrogen-bond donors (Lipinski definition) is 1. The summed E-state index contributed by atoms with van der Waals surface area (Å²) >= 11 is 3.02. The highest BCUT2D eigenvalue weighted by Gasteiger charge is 2.11. The summed E-state index contributed by atoms with van der Waals surface area (Å²) in [5, 5.41) is 10.9. The van der Waals surface area contributed by atoms with Gasteiger partial charge in [-0.3, -0.25) is 0 Å². The summed E-state index contributed by atoms with van der Waals surface area (Å²) in [4.78, 5) is 0. The normalized spacial score (nSPS) is 10.9. The Labute approximate surface area is 117 Å². The van der Waals surface area contributed by atoms with Gasteiger partial charge in [-0.2, -0.15) is 0 Å². The molecule has 1 aromatic carbocycles. The average Bonchev–Trinajstić information content (AvgIpc) is 2.83. The fourth-order valence-corrected chi connectivity index (χ4v) is 1.91. The first-order valence-corrected chi connectivity index (χ1v) is 6.68. The van der Waals surface area contributed by atoms with E-state index in [0.717, 1.165) is 19.0 Å². The van der Waals surface area contributed by atoms with Crippen LogP contribution in [0.2, 0.25) is 0 Å². The van der Waals surface area contributed by atoms with E-state index in [0.29, 0.717) is 12.2 Å². The predicted molar refractivity (Wildman–Crippen MR) is 71.0 cm³/mol. The molecule has 1 heterocycles. The molecule has 0 fully saturated rings. The first-order valence-electron chi connectivity index (χ1n) is 5.88. The van der Waals surface area contributed by atoms with E-state index in [1.165, 1.54) is 10.7 Å². The fourth-order valence-electron chi connectivity index (χ4n) is 1.58. The van der Waals surface area contributed by atoms with Crippen molar-refractivity contribution in [3.8, 4) is 5.69 Å². The van der Waals surface area contributed by atoms with Gasteiger partial charge in [0.05, 0.1) is 16.4 Å². The lowest BCUT2D eigenvalue weighted by molar-refractivity contribution is 0.568. The third-order valence-electron chi connectivity index (χ3n) is 2.51. The van der Waals surface area contributed by atoms with E-state index in [1.54, 1.807) is 6.20 Å². The van der Waals surface area contributed by atoms with E-state index in [4.69, 9.17) is 0 Å². The number of rotatable bonds is 5. The van der Waals surface area contributed by atoms with E-state index < -0.39 is 11.6 Å². The van der Waals surface area contributed by atoms with E-state index >= 15 is 0 Å². The van der Waals surface area contributed by atoms with Gasteiger partial charge in [0.1, 0.15) is 11.5 Å². The molecule has 0 aliphatic heterocycles. The van der Waals surface area contributed by atoms with Crippen molar-refractivity contribution in [2.75, 3.05) is 6.54 Å². The Balaban J connectivity index is 2.20. The third-order valence-corrected chi connectivity index (χ3v) is 3.12. The zero-order valence-electron chi connectivity index (χ0n) is 10.3. The van der Waals surface area contributed by atoms with Gasteiger partial charge in [0.25, 0.3) is 0 Å². The molecule has 1 aromatic heterocycles. The summed E-state index contributed by atoms with van der Waals surface area (Å²) in [5.74, 6) is -1.33. The van der Waals surface area contributed by atoms with Gasteiger partial charge >= 0.3 is 0 Å². The molecule has 2 rings (SSSR count). The van der Waals surface area contributed by atoms with E-state index in [1.807, 2.05) is 0 Å². The van der Waals surface area contributed by atoms with Gasteiger partial charge in [-0.25, -0.2) is 13.5 Å². The standard InChI is InChI=1S/C12H13BrF2N4/c1-2-3-16-6-8-7-19(18-17-8)12-4-9(13)10(14)5-11(12)15/h4-5,7,16H,2-3,6H2,1H3. The SMILES string of the molecule is CCCNCc1cn(-c2cc(Br)c(F)cc2F)nn1. The van der Waals surface area contributed by atoms with Crippen molar-refractivity contribution in [1.29, 1.82) is 0 Å². The van der Waals surface area contributed by atoms with Gasteiger partial charge in [-0.1, -0.05) is 12.1 Å². The van der Waals surface area contributed by atoms with Crippen LogP contribution in [0, 0.1) is 11.6 Å². The number of halogens is 3. The lowest BCUT2D eigenvalue weighted by atomic mass is 10.3. The summed E-state index contributed by atoms with van der Waals surface area (Å²) in [6, 6.07) is 2.15. The van der Waals surface area contributed by atoms with Crippen LogP contribution >= 0.6 is 15.9 Å². The summed E-state index contributed by atoms with van der Waals surface area (Å²) in [7, 11) is 0. The molecule has 0 aliphatic rings. The van der Waals surface area contributed by atoms with E-state index in [-0.39, 0.29) is 10.2 Å². The number of aromatic nitrogens is 3. The zero-order chi connectivity index (χ0) is 13.8. The smallest absolute Gasteiger partial charge is 0.151 e. The van der Waals surface area contributed by atoms with Crippen LogP contribution in [0.15, 0.2) is 22.8 Å². The molecule has 0 atom stereocenters. The van der Waals surface area contributed by atoms with Crippen molar-refractivity contribution in [3.63, 3.8) is 0 Å². The third kappa shape index (κ3) is 3.36. The van der Waals surface area contributed by atoms with Crippen molar-refractivity contribution in [3.05, 3.63) is 40.1 Å². The monoisotopic (exact) mass is 330 g/mol. The minimum absolute atomic E-state index is 0.155. The number of benzene rings is 1. The molecule has 0 radical (unpaired) electrons. The van der Waals surface area contributed by atoms with Crippen LogP contribution in [0.3, 0.4) is 0 Å². The van der Waals surface area contributed by atoms with Crippen molar-refractivity contribution >= 4 is 15.9 Å². The van der Waals surface area contributed by atoms with Crippen molar-refractivity contribution in [2.45, 2.75) is 19.9 Å². The maximum absolute atomic E-state index is 13.7. The molecule has 1 N–H and O–H groups in total. The first kappa shape index (κ1) is 14.1. The summed E-state index contributed by atoms with van der Waals surface area (Å²) in [6.07, 6.45) is 2.64. The van der Waals surface area contributed by atoms with Crippen LogP contribution in [-0.2, 0) is 6.54 Å². The average molecular weight is 331 g/mol.